The summed E-state index contributed by atoms with van der Waals surface area (Å²) in [6.07, 6.45) is 0. The lowest BCUT2D eigenvalue weighted by atomic mass is 10.1. The van der Waals surface area contributed by atoms with Crippen molar-refractivity contribution in [3.05, 3.63) is 69.8 Å². The number of nitrogens with two attached hydrogens (primary N) is 1. The lowest BCUT2D eigenvalue weighted by Gasteiger charge is -2.11. The average molecular weight is 490 g/mol. The number of pyridine rings is 1. The van der Waals surface area contributed by atoms with E-state index in [-0.39, 0.29) is 16.5 Å². The predicted molar refractivity (Wildman–Crippen MR) is 130 cm³/mol. The lowest BCUT2D eigenvalue weighted by molar-refractivity contribution is 0.0607. The summed E-state index contributed by atoms with van der Waals surface area (Å²) in [4.78, 5) is 26.9. The normalized spacial score (nSPS) is 12.1. The number of methoxy groups -OCH3 is 1. The van der Waals surface area contributed by atoms with Crippen LogP contribution in [0.3, 0.4) is 0 Å². The van der Waals surface area contributed by atoms with Gasteiger partial charge < -0.3 is 20.8 Å². The van der Waals surface area contributed by atoms with E-state index in [1.807, 2.05) is 19.1 Å². The van der Waals surface area contributed by atoms with Crippen LogP contribution >= 0.6 is 11.3 Å². The summed E-state index contributed by atoms with van der Waals surface area (Å²) in [7, 11) is -2.64. The molecule has 0 aliphatic heterocycles. The van der Waals surface area contributed by atoms with Crippen LogP contribution in [0.1, 0.15) is 16.6 Å². The zero-order chi connectivity index (χ0) is 24.2. The highest BCUT2D eigenvalue weighted by Gasteiger charge is 2.21. The van der Waals surface area contributed by atoms with Crippen molar-refractivity contribution in [1.29, 1.82) is 0 Å². The van der Waals surface area contributed by atoms with Gasteiger partial charge in [-0.2, -0.15) is 8.42 Å². The number of H-pyrrole nitrogens is 1. The summed E-state index contributed by atoms with van der Waals surface area (Å²) in [6, 6.07) is 14.3. The van der Waals surface area contributed by atoms with Gasteiger partial charge in [-0.15, -0.1) is 11.3 Å². The van der Waals surface area contributed by atoms with Crippen LogP contribution in [-0.2, 0) is 14.9 Å². The van der Waals surface area contributed by atoms with Crippen molar-refractivity contribution in [2.24, 2.45) is 5.73 Å². The molecule has 2 aromatic carbocycles. The molecule has 0 radical (unpaired) electrons. The number of hydrogen-bond acceptors (Lipinski definition) is 8. The number of esters is 1. The number of rotatable bonds is 5. The Bertz CT molecular complexity index is 1440. The van der Waals surface area contributed by atoms with E-state index in [0.717, 1.165) is 21.0 Å². The van der Waals surface area contributed by atoms with Crippen LogP contribution in [0.2, 0.25) is 0 Å². The van der Waals surface area contributed by atoms with Crippen molar-refractivity contribution in [2.75, 3.05) is 19.0 Å². The van der Waals surface area contributed by atoms with Gasteiger partial charge in [0.2, 0.25) is 5.56 Å². The van der Waals surface area contributed by atoms with Gasteiger partial charge in [-0.25, -0.2) is 4.79 Å². The maximum atomic E-state index is 12.1. The first-order chi connectivity index (χ1) is 15.6. The maximum Gasteiger partial charge on any atom is 0.350 e. The molecule has 0 amide bonds. The van der Waals surface area contributed by atoms with Gasteiger partial charge in [0.25, 0.3) is 10.1 Å². The molecule has 4 aromatic rings. The van der Waals surface area contributed by atoms with Crippen LogP contribution < -0.4 is 16.6 Å². The van der Waals surface area contributed by atoms with Gasteiger partial charge in [0.05, 0.1) is 17.7 Å². The van der Waals surface area contributed by atoms with Gasteiger partial charge >= 0.3 is 5.97 Å². The highest BCUT2D eigenvalue weighted by molar-refractivity contribution is 7.85. The van der Waals surface area contributed by atoms with Gasteiger partial charge in [-0.1, -0.05) is 18.2 Å². The summed E-state index contributed by atoms with van der Waals surface area (Å²) >= 11 is 1.36. The minimum atomic E-state index is -4.00. The molecule has 9 nitrogen and oxygen atoms in total. The molecule has 5 N–H and O–H groups in total. The number of anilines is 1. The third kappa shape index (κ3) is 5.76. The van der Waals surface area contributed by atoms with E-state index in [1.54, 1.807) is 24.3 Å². The van der Waals surface area contributed by atoms with E-state index >= 15 is 0 Å². The fraction of sp³-hybridized carbons (Fsp3) is 0.182. The number of aromatic nitrogens is 1. The van der Waals surface area contributed by atoms with Crippen LogP contribution in [0.5, 0.6) is 0 Å². The third-order valence-electron chi connectivity index (χ3n) is 4.57. The lowest BCUT2D eigenvalue weighted by Crippen LogP contribution is -2.25. The molecule has 0 bridgehead atoms. The fourth-order valence-electron chi connectivity index (χ4n) is 3.09. The summed E-state index contributed by atoms with van der Waals surface area (Å²) in [5.74, 6) is -0.393. The molecular formula is C22H23N3O6S2. The average Bonchev–Trinajstić information content (AvgIpc) is 3.16. The summed E-state index contributed by atoms with van der Waals surface area (Å²) < 4.78 is 35.1. The monoisotopic (exact) mass is 489 g/mol. The number of ether oxygens (including phenoxy) is 1. The zero-order valence-corrected chi connectivity index (χ0v) is 19.5. The van der Waals surface area contributed by atoms with Crippen LogP contribution in [0.25, 0.3) is 21.0 Å². The van der Waals surface area contributed by atoms with E-state index in [1.165, 1.54) is 36.6 Å². The number of fused-ring (bicyclic) bond motifs is 3. The molecular weight excluding hydrogens is 466 g/mol. The summed E-state index contributed by atoms with van der Waals surface area (Å²) in [5, 5.41) is 5.02. The molecule has 0 aliphatic carbocycles. The minimum absolute atomic E-state index is 0.0646. The third-order valence-corrected chi connectivity index (χ3v) is 6.57. The van der Waals surface area contributed by atoms with Crippen LogP contribution in [0, 0.1) is 0 Å². The van der Waals surface area contributed by atoms with Crippen molar-refractivity contribution in [1.82, 2.24) is 4.98 Å². The first kappa shape index (κ1) is 24.4. The highest BCUT2D eigenvalue weighted by Crippen LogP contribution is 2.40. The molecule has 4 rings (SSSR count). The SMILES string of the molecule is COC(=O)c1sc2ccc3[nH]c(=O)ccc3c2c1NC[C@@H](C)N.O=S(=O)(O)c1ccccc1. The Labute approximate surface area is 193 Å². The van der Waals surface area contributed by atoms with Crippen molar-refractivity contribution in [3.63, 3.8) is 0 Å². The molecule has 0 fully saturated rings. The summed E-state index contributed by atoms with van der Waals surface area (Å²) in [6.45, 7) is 2.41. The number of benzene rings is 2. The second kappa shape index (κ2) is 10.1. The van der Waals surface area contributed by atoms with Crippen molar-refractivity contribution >= 4 is 54.1 Å². The zero-order valence-electron chi connectivity index (χ0n) is 17.9. The predicted octanol–water partition coefficient (Wildman–Crippen LogP) is 3.22. The van der Waals surface area contributed by atoms with Gasteiger partial charge in [0.15, 0.2) is 0 Å². The molecule has 33 heavy (non-hydrogen) atoms. The number of thiophene rings is 1. The first-order valence-corrected chi connectivity index (χ1v) is 12.1. The number of carbonyl (C=O) groups is 1. The Morgan fingerprint density at radius 1 is 1.18 bits per heavy atom. The van der Waals surface area contributed by atoms with Gasteiger partial charge in [0.1, 0.15) is 4.88 Å². The van der Waals surface area contributed by atoms with E-state index in [9.17, 15) is 18.0 Å². The maximum absolute atomic E-state index is 12.1. The summed E-state index contributed by atoms with van der Waals surface area (Å²) in [5.41, 5.74) is 7.09. The molecule has 0 spiro atoms. The molecule has 0 unspecified atom stereocenters. The molecule has 174 valence electrons. The Morgan fingerprint density at radius 3 is 2.45 bits per heavy atom. The molecule has 0 saturated heterocycles. The van der Waals surface area contributed by atoms with Crippen molar-refractivity contribution < 1.29 is 22.5 Å². The molecule has 0 saturated carbocycles. The number of hydrogen-bond donors (Lipinski definition) is 4. The largest absolute Gasteiger partial charge is 0.465 e. The first-order valence-electron chi connectivity index (χ1n) is 9.80. The highest BCUT2D eigenvalue weighted by atomic mass is 32.2. The molecule has 2 aromatic heterocycles. The molecule has 1 atom stereocenters. The number of carbonyl (C=O) groups excluding carboxylic acids is 1. The van der Waals surface area contributed by atoms with Crippen molar-refractivity contribution in [3.8, 4) is 0 Å². The Balaban J connectivity index is 0.000000257. The molecule has 0 aliphatic rings. The second-order valence-electron chi connectivity index (χ2n) is 7.17. The van der Waals surface area contributed by atoms with E-state index < -0.39 is 16.1 Å². The molecule has 11 heteroatoms. The molecule has 2 heterocycles. The standard InChI is InChI=1S/C16H17N3O3S.C6H6O3S/c1-8(17)7-18-14-13-9-3-6-12(20)19-10(9)4-5-11(13)23-15(14)16(21)22-2;7-10(8,9)6-4-2-1-3-5-6/h3-6,8,18H,7,17H2,1-2H3,(H,19,20);1-5H,(H,7,8,9)/t8-;/m1./s1. The second-order valence-corrected chi connectivity index (χ2v) is 9.64. The quantitative estimate of drug-likeness (QED) is 0.246. The Hall–Kier alpha value is -3.25. The Kier molecular flexibility index (Phi) is 7.49. The van der Waals surface area contributed by atoms with Crippen LogP contribution in [-0.4, -0.2) is 43.6 Å². The topological polar surface area (TPSA) is 152 Å². The minimum Gasteiger partial charge on any atom is -0.465 e. The van der Waals surface area contributed by atoms with Crippen LogP contribution in [0.15, 0.2) is 64.3 Å². The van der Waals surface area contributed by atoms with E-state index in [2.05, 4.69) is 10.3 Å². The fourth-order valence-corrected chi connectivity index (χ4v) is 4.71. The van der Waals surface area contributed by atoms with E-state index in [4.69, 9.17) is 15.0 Å². The Morgan fingerprint density at radius 2 is 1.88 bits per heavy atom. The van der Waals surface area contributed by atoms with Crippen LogP contribution in [0.4, 0.5) is 5.69 Å². The smallest absolute Gasteiger partial charge is 0.350 e. The van der Waals surface area contributed by atoms with Crippen molar-refractivity contribution in [2.45, 2.75) is 17.9 Å². The van der Waals surface area contributed by atoms with Gasteiger partial charge in [-0.05, 0) is 37.3 Å². The number of aromatic amines is 1. The van der Waals surface area contributed by atoms with Gasteiger partial charge in [0, 0.05) is 39.6 Å². The van der Waals surface area contributed by atoms with Gasteiger partial charge in [-0.3, -0.25) is 9.35 Å². The van der Waals surface area contributed by atoms with E-state index in [0.29, 0.717) is 17.1 Å². The number of nitrogens with one attached hydrogen (secondary N) is 2.